The molecule has 18 heavy (non-hydrogen) atoms. The van der Waals surface area contributed by atoms with E-state index in [0.717, 1.165) is 36.7 Å². The smallest absolute Gasteiger partial charge is 0.227 e. The Bertz CT molecular complexity index is 379. The van der Waals surface area contributed by atoms with Crippen LogP contribution in [0.1, 0.15) is 38.7 Å². The third-order valence-corrected chi connectivity index (χ3v) is 3.52. The van der Waals surface area contributed by atoms with Crippen LogP contribution in [0.2, 0.25) is 0 Å². The normalized spacial score (nSPS) is 12.2. The highest BCUT2D eigenvalue weighted by Gasteiger charge is 2.11. The standard InChI is InChI=1S/C15H22BrNO/c1-3-6-12(2)15(18)17-14-9-4-7-13(11-14)8-5-10-16/h4,7,9,11-12H,3,5-6,8,10H2,1-2H3,(H,17,18). The zero-order valence-corrected chi connectivity index (χ0v) is 12.8. The Balaban J connectivity index is 2.58. The lowest BCUT2D eigenvalue weighted by Gasteiger charge is -2.12. The molecule has 0 aliphatic carbocycles. The molecule has 0 saturated heterocycles. The summed E-state index contributed by atoms with van der Waals surface area (Å²) < 4.78 is 0. The predicted molar refractivity (Wildman–Crippen MR) is 81.3 cm³/mol. The van der Waals surface area contributed by atoms with E-state index in [0.29, 0.717) is 0 Å². The molecule has 2 nitrogen and oxygen atoms in total. The van der Waals surface area contributed by atoms with E-state index in [1.807, 2.05) is 19.1 Å². The first-order chi connectivity index (χ1) is 8.67. The molecule has 0 aliphatic rings. The average molecular weight is 312 g/mol. The van der Waals surface area contributed by atoms with Gasteiger partial charge in [-0.05, 0) is 37.0 Å². The lowest BCUT2D eigenvalue weighted by molar-refractivity contribution is -0.119. The number of benzene rings is 1. The van der Waals surface area contributed by atoms with Gasteiger partial charge < -0.3 is 5.32 Å². The van der Waals surface area contributed by atoms with Gasteiger partial charge in [0, 0.05) is 16.9 Å². The molecule has 0 bridgehead atoms. The Morgan fingerprint density at radius 1 is 1.44 bits per heavy atom. The van der Waals surface area contributed by atoms with E-state index in [-0.39, 0.29) is 11.8 Å². The van der Waals surface area contributed by atoms with Crippen molar-refractivity contribution in [1.82, 2.24) is 0 Å². The van der Waals surface area contributed by atoms with Crippen molar-refractivity contribution < 1.29 is 4.79 Å². The Kier molecular flexibility index (Phi) is 7.02. The second-order valence-electron chi connectivity index (χ2n) is 4.67. The minimum atomic E-state index is 0.0844. The maximum absolute atomic E-state index is 11.9. The molecule has 0 saturated carbocycles. The molecule has 0 fully saturated rings. The molecular weight excluding hydrogens is 290 g/mol. The molecular formula is C15H22BrNO. The molecule has 0 aromatic heterocycles. The van der Waals surface area contributed by atoms with Crippen LogP contribution in [-0.2, 0) is 11.2 Å². The van der Waals surface area contributed by atoms with Crippen molar-refractivity contribution >= 4 is 27.5 Å². The van der Waals surface area contributed by atoms with Gasteiger partial charge in [0.05, 0.1) is 0 Å². The van der Waals surface area contributed by atoms with Gasteiger partial charge in [-0.15, -0.1) is 0 Å². The average Bonchev–Trinajstić information content (AvgIpc) is 2.37. The van der Waals surface area contributed by atoms with Gasteiger partial charge in [0.25, 0.3) is 0 Å². The van der Waals surface area contributed by atoms with Crippen molar-refractivity contribution in [2.24, 2.45) is 5.92 Å². The van der Waals surface area contributed by atoms with E-state index in [9.17, 15) is 4.79 Å². The number of alkyl halides is 1. The van der Waals surface area contributed by atoms with E-state index in [1.54, 1.807) is 0 Å². The number of amides is 1. The predicted octanol–water partition coefficient (Wildman–Crippen LogP) is 4.39. The van der Waals surface area contributed by atoms with Crippen LogP contribution in [0.4, 0.5) is 5.69 Å². The highest BCUT2D eigenvalue weighted by atomic mass is 79.9. The molecule has 0 aliphatic heterocycles. The van der Waals surface area contributed by atoms with Crippen molar-refractivity contribution in [2.75, 3.05) is 10.6 Å². The van der Waals surface area contributed by atoms with Gasteiger partial charge in [-0.1, -0.05) is 48.3 Å². The summed E-state index contributed by atoms with van der Waals surface area (Å²) in [4.78, 5) is 11.9. The van der Waals surface area contributed by atoms with Crippen molar-refractivity contribution in [2.45, 2.75) is 39.5 Å². The number of carbonyl (C=O) groups is 1. The summed E-state index contributed by atoms with van der Waals surface area (Å²) in [6.07, 6.45) is 4.14. The van der Waals surface area contributed by atoms with Crippen LogP contribution >= 0.6 is 15.9 Å². The fourth-order valence-electron chi connectivity index (χ4n) is 1.91. The maximum Gasteiger partial charge on any atom is 0.227 e. The minimum absolute atomic E-state index is 0.0844. The third-order valence-electron chi connectivity index (χ3n) is 2.96. The Morgan fingerprint density at radius 2 is 2.22 bits per heavy atom. The van der Waals surface area contributed by atoms with Crippen LogP contribution in [0, 0.1) is 5.92 Å². The summed E-state index contributed by atoms with van der Waals surface area (Å²) in [5.41, 5.74) is 2.19. The number of carbonyl (C=O) groups excluding carboxylic acids is 1. The van der Waals surface area contributed by atoms with Crippen molar-refractivity contribution in [3.63, 3.8) is 0 Å². The Hall–Kier alpha value is -0.830. The van der Waals surface area contributed by atoms with Crippen LogP contribution in [0.3, 0.4) is 0 Å². The van der Waals surface area contributed by atoms with E-state index in [1.165, 1.54) is 5.56 Å². The summed E-state index contributed by atoms with van der Waals surface area (Å²) in [7, 11) is 0. The Labute approximate surface area is 118 Å². The quantitative estimate of drug-likeness (QED) is 0.743. The van der Waals surface area contributed by atoms with Gasteiger partial charge in [-0.25, -0.2) is 0 Å². The zero-order valence-electron chi connectivity index (χ0n) is 11.2. The highest BCUT2D eigenvalue weighted by molar-refractivity contribution is 9.09. The first kappa shape index (κ1) is 15.2. The molecule has 1 N–H and O–H groups in total. The van der Waals surface area contributed by atoms with Gasteiger partial charge >= 0.3 is 0 Å². The first-order valence-electron chi connectivity index (χ1n) is 6.63. The number of halogens is 1. The van der Waals surface area contributed by atoms with Crippen molar-refractivity contribution in [1.29, 1.82) is 0 Å². The summed E-state index contributed by atoms with van der Waals surface area (Å²) in [6, 6.07) is 8.13. The summed E-state index contributed by atoms with van der Waals surface area (Å²) in [6.45, 7) is 4.08. The van der Waals surface area contributed by atoms with Crippen molar-refractivity contribution in [3.8, 4) is 0 Å². The molecule has 0 heterocycles. The summed E-state index contributed by atoms with van der Waals surface area (Å²) in [5, 5.41) is 4.00. The fraction of sp³-hybridized carbons (Fsp3) is 0.533. The SMILES string of the molecule is CCCC(C)C(=O)Nc1cccc(CCCBr)c1. The largest absolute Gasteiger partial charge is 0.326 e. The molecule has 0 spiro atoms. The third kappa shape index (κ3) is 5.21. The highest BCUT2D eigenvalue weighted by Crippen LogP contribution is 2.15. The first-order valence-corrected chi connectivity index (χ1v) is 7.75. The van der Waals surface area contributed by atoms with Gasteiger partial charge in [0.2, 0.25) is 5.91 Å². The molecule has 1 aromatic carbocycles. The number of hydrogen-bond donors (Lipinski definition) is 1. The number of anilines is 1. The monoisotopic (exact) mass is 311 g/mol. The van der Waals surface area contributed by atoms with Gasteiger partial charge in [0.15, 0.2) is 0 Å². The van der Waals surface area contributed by atoms with E-state index >= 15 is 0 Å². The van der Waals surface area contributed by atoms with Gasteiger partial charge in [0.1, 0.15) is 0 Å². The molecule has 1 aromatic rings. The lowest BCUT2D eigenvalue weighted by atomic mass is 10.0. The maximum atomic E-state index is 11.9. The van der Waals surface area contributed by atoms with E-state index in [2.05, 4.69) is 40.3 Å². The molecule has 100 valence electrons. The summed E-state index contributed by atoms with van der Waals surface area (Å²) >= 11 is 3.43. The van der Waals surface area contributed by atoms with Crippen LogP contribution in [0.25, 0.3) is 0 Å². The van der Waals surface area contributed by atoms with Crippen LogP contribution in [0.15, 0.2) is 24.3 Å². The van der Waals surface area contributed by atoms with E-state index in [4.69, 9.17) is 0 Å². The molecule has 1 unspecified atom stereocenters. The topological polar surface area (TPSA) is 29.1 Å². The second kappa shape index (κ2) is 8.30. The zero-order chi connectivity index (χ0) is 13.4. The minimum Gasteiger partial charge on any atom is -0.326 e. The number of nitrogens with one attached hydrogen (secondary N) is 1. The number of aryl methyl sites for hydroxylation is 1. The lowest BCUT2D eigenvalue weighted by Crippen LogP contribution is -2.20. The fourth-order valence-corrected chi connectivity index (χ4v) is 2.19. The van der Waals surface area contributed by atoms with Crippen LogP contribution in [-0.4, -0.2) is 11.2 Å². The van der Waals surface area contributed by atoms with Crippen LogP contribution in [0.5, 0.6) is 0 Å². The molecule has 1 rings (SSSR count). The molecule has 0 radical (unpaired) electrons. The van der Waals surface area contributed by atoms with Crippen LogP contribution < -0.4 is 5.32 Å². The van der Waals surface area contributed by atoms with Gasteiger partial charge in [-0.2, -0.15) is 0 Å². The summed E-state index contributed by atoms with van der Waals surface area (Å²) in [5.74, 6) is 0.204. The van der Waals surface area contributed by atoms with Crippen molar-refractivity contribution in [3.05, 3.63) is 29.8 Å². The molecule has 1 atom stereocenters. The molecule has 1 amide bonds. The Morgan fingerprint density at radius 3 is 2.89 bits per heavy atom. The molecule has 3 heteroatoms. The number of rotatable bonds is 7. The van der Waals surface area contributed by atoms with E-state index < -0.39 is 0 Å². The second-order valence-corrected chi connectivity index (χ2v) is 5.46. The number of hydrogen-bond acceptors (Lipinski definition) is 1. The van der Waals surface area contributed by atoms with Gasteiger partial charge in [-0.3, -0.25) is 4.79 Å².